The van der Waals surface area contributed by atoms with E-state index < -0.39 is 171 Å². The molecule has 0 unspecified atom stereocenters. The zero-order valence-corrected chi connectivity index (χ0v) is 37.8. The van der Waals surface area contributed by atoms with Crippen molar-refractivity contribution >= 4 is 76.8 Å². The summed E-state index contributed by atoms with van der Waals surface area (Å²) in [4.78, 5) is 169. The van der Waals surface area contributed by atoms with Crippen molar-refractivity contribution < 1.29 is 67.4 Å². The number of carbonyl (C=O) groups excluding carboxylic acids is 13. The molecule has 68 heavy (non-hydrogen) atoms. The van der Waals surface area contributed by atoms with Gasteiger partial charge in [-0.15, -0.1) is 0 Å². The summed E-state index contributed by atoms with van der Waals surface area (Å²) in [6.07, 6.45) is -3.51. The molecule has 2 rings (SSSR count). The number of primary amides is 4. The van der Waals surface area contributed by atoms with E-state index in [1.54, 1.807) is 13.8 Å². The molecule has 0 saturated carbocycles. The third kappa shape index (κ3) is 20.1. The number of hydrogen-bond acceptors (Lipinski definition) is 14. The molecule has 0 radical (unpaired) electrons. The maximum Gasteiger partial charge on any atom is 0.245 e. The fourth-order valence-corrected chi connectivity index (χ4v) is 6.50. The van der Waals surface area contributed by atoms with E-state index in [9.17, 15) is 67.4 Å². The topological polar surface area (TPSA) is 446 Å². The first-order valence-electron chi connectivity index (χ1n) is 21.4. The Bertz CT molecular complexity index is 2070. The van der Waals surface area contributed by atoms with Crippen LogP contribution < -0.4 is 65.5 Å². The smallest absolute Gasteiger partial charge is 0.245 e. The van der Waals surface area contributed by atoms with Crippen LogP contribution in [0, 0.1) is 5.92 Å². The number of phenols is 1. The van der Waals surface area contributed by atoms with Crippen molar-refractivity contribution in [2.75, 3.05) is 26.7 Å². The maximum atomic E-state index is 14.0. The van der Waals surface area contributed by atoms with Gasteiger partial charge >= 0.3 is 0 Å². The first-order chi connectivity index (χ1) is 31.9. The number of likely N-dealkylation sites (N-methyl/N-ethyl adjacent to an activating group) is 1. The van der Waals surface area contributed by atoms with Gasteiger partial charge in [-0.1, -0.05) is 32.4 Å². The molecule has 13 amide bonds. The van der Waals surface area contributed by atoms with Gasteiger partial charge in [0.2, 0.25) is 76.8 Å². The van der Waals surface area contributed by atoms with E-state index in [2.05, 4.69) is 42.5 Å². The van der Waals surface area contributed by atoms with Crippen LogP contribution in [0.1, 0.15) is 70.8 Å². The molecule has 1 fully saturated rings. The van der Waals surface area contributed by atoms with Crippen molar-refractivity contribution in [3.05, 3.63) is 29.8 Å². The number of nitrogens with one attached hydrogen (secondary N) is 8. The van der Waals surface area contributed by atoms with Gasteiger partial charge in [-0.25, -0.2) is 0 Å². The first-order valence-corrected chi connectivity index (χ1v) is 21.4. The summed E-state index contributed by atoms with van der Waals surface area (Å²) in [5.74, 6) is -13.3. The predicted octanol–water partition coefficient (Wildman–Crippen LogP) is -6.73. The number of carbonyl (C=O) groups is 13. The third-order valence-electron chi connectivity index (χ3n) is 10.4. The lowest BCUT2D eigenvalue weighted by Gasteiger charge is -2.29. The van der Waals surface area contributed by atoms with E-state index >= 15 is 0 Å². The van der Waals surface area contributed by atoms with Crippen LogP contribution in [-0.2, 0) is 68.7 Å². The Morgan fingerprint density at radius 3 is 1.94 bits per heavy atom. The highest BCUT2D eigenvalue weighted by Crippen LogP contribution is 2.14. The molecule has 17 N–H and O–H groups in total. The van der Waals surface area contributed by atoms with Gasteiger partial charge in [-0.2, -0.15) is 0 Å². The molecule has 1 heterocycles. The summed E-state index contributed by atoms with van der Waals surface area (Å²) < 4.78 is 0. The molecule has 0 bridgehead atoms. The second kappa shape index (κ2) is 27.6. The highest BCUT2D eigenvalue weighted by atomic mass is 16.3. The summed E-state index contributed by atoms with van der Waals surface area (Å²) >= 11 is 0. The van der Waals surface area contributed by atoms with Crippen molar-refractivity contribution in [1.29, 1.82) is 0 Å². The van der Waals surface area contributed by atoms with Crippen LogP contribution >= 0.6 is 0 Å². The average Bonchev–Trinajstić information content (AvgIpc) is 3.26. The Morgan fingerprint density at radius 1 is 0.750 bits per heavy atom. The molecular weight excluding hydrogens is 899 g/mol. The average molecular weight is 960 g/mol. The Kier molecular flexibility index (Phi) is 22.8. The second-order valence-corrected chi connectivity index (χ2v) is 16.0. The van der Waals surface area contributed by atoms with E-state index in [-0.39, 0.29) is 25.0 Å². The lowest BCUT2D eigenvalue weighted by Crippen LogP contribution is -2.61. The van der Waals surface area contributed by atoms with Crippen molar-refractivity contribution in [3.63, 3.8) is 0 Å². The number of nitrogens with zero attached hydrogens (tertiary/aromatic N) is 1. The molecule has 0 aromatic heterocycles. The molecule has 1 aliphatic rings. The fourth-order valence-electron chi connectivity index (χ4n) is 6.50. The summed E-state index contributed by atoms with van der Waals surface area (Å²) in [6, 6.07) is -3.77. The minimum Gasteiger partial charge on any atom is -0.508 e. The molecule has 1 aromatic rings. The van der Waals surface area contributed by atoms with E-state index in [1.807, 2.05) is 0 Å². The van der Waals surface area contributed by atoms with Crippen LogP contribution in [0.3, 0.4) is 0 Å². The number of hydrogen-bond donors (Lipinski definition) is 13. The number of amides is 13. The molecule has 1 aromatic carbocycles. The molecule has 0 spiro atoms. The van der Waals surface area contributed by atoms with Gasteiger partial charge in [0.05, 0.1) is 26.1 Å². The molecule has 27 heteroatoms. The van der Waals surface area contributed by atoms with Gasteiger partial charge in [0.1, 0.15) is 42.0 Å². The Balaban J connectivity index is 2.59. The van der Waals surface area contributed by atoms with Crippen molar-refractivity contribution in [2.24, 2.45) is 28.9 Å². The van der Waals surface area contributed by atoms with Crippen LogP contribution in [0.4, 0.5) is 0 Å². The molecule has 1 aliphatic heterocycles. The fraction of sp³-hybridized carbons (Fsp3) is 0.537. The Morgan fingerprint density at radius 2 is 1.35 bits per heavy atom. The normalized spacial score (nSPS) is 20.8. The zero-order chi connectivity index (χ0) is 51.2. The van der Waals surface area contributed by atoms with Crippen molar-refractivity contribution in [2.45, 2.75) is 108 Å². The zero-order valence-electron chi connectivity index (χ0n) is 37.8. The molecular formula is C41H61N13O14. The van der Waals surface area contributed by atoms with Gasteiger partial charge < -0.3 is 75.5 Å². The minimum absolute atomic E-state index is 0.0846. The highest BCUT2D eigenvalue weighted by molar-refractivity contribution is 5.99. The SMILES string of the molecule is CC[C@H](C)[C@@H]1NC(=O)[C@H](Cc2ccc(O)cc2)NC(=O)CNC(=O)CC[C@@H](C(=O)N(C)CC(=O)N[C@@H](CCC(N)=O)C(=O)NCC(N)=O)NC(=O)[C@H](CC(N)=O)NC(=O)[C@H](CCC(N)=O)NC1=O. The lowest BCUT2D eigenvalue weighted by molar-refractivity contribution is -0.140. The number of rotatable bonds is 19. The number of nitrogens with two attached hydrogens (primary N) is 4. The van der Waals surface area contributed by atoms with Crippen LogP contribution in [0.15, 0.2) is 24.3 Å². The Hall–Kier alpha value is -7.87. The summed E-state index contributed by atoms with van der Waals surface area (Å²) in [7, 11) is 1.10. The van der Waals surface area contributed by atoms with E-state index in [0.717, 1.165) is 11.9 Å². The predicted molar refractivity (Wildman–Crippen MR) is 236 cm³/mol. The van der Waals surface area contributed by atoms with Crippen molar-refractivity contribution in [3.8, 4) is 5.75 Å². The van der Waals surface area contributed by atoms with E-state index in [1.165, 1.54) is 24.3 Å². The largest absolute Gasteiger partial charge is 0.508 e. The summed E-state index contributed by atoms with van der Waals surface area (Å²) in [6.45, 7) is 1.17. The number of aromatic hydroxyl groups is 1. The van der Waals surface area contributed by atoms with Crippen LogP contribution in [0.2, 0.25) is 0 Å². The van der Waals surface area contributed by atoms with E-state index in [4.69, 9.17) is 22.9 Å². The molecule has 0 aliphatic carbocycles. The van der Waals surface area contributed by atoms with Gasteiger partial charge in [-0.05, 0) is 42.9 Å². The number of phenolic OH excluding ortho intramolecular Hbond substituents is 1. The van der Waals surface area contributed by atoms with Crippen LogP contribution in [0.5, 0.6) is 5.75 Å². The quantitative estimate of drug-likeness (QED) is 0.0614. The molecule has 374 valence electrons. The standard InChI is InChI=1S/C41H61N13O14/c1-4-20(2)35-40(67)50-24(10-13-29(43)57)37(64)52-27(16-30(44)58)38(65)51-25(41(68)54(3)19-34(62)48-23(9-12-28(42)56)36(63)47-17-31(45)59)11-14-32(60)46-18-33(61)49-26(39(66)53-35)15-21-5-7-22(55)8-6-21/h5-8,20,23-27,35,55H,4,9-19H2,1-3H3,(H2,42,56)(H2,43,57)(H2,44,58)(H2,45,59)(H,46,60)(H,47,63)(H,48,62)(H,49,61)(H,50,67)(H,51,65)(H,52,64)(H,53,66)/t20-,23-,24-,25-,26-,27-,35-/m0/s1. The maximum absolute atomic E-state index is 14.0. The van der Waals surface area contributed by atoms with Gasteiger partial charge in [-0.3, -0.25) is 62.3 Å². The third-order valence-corrected chi connectivity index (χ3v) is 10.4. The van der Waals surface area contributed by atoms with Crippen LogP contribution in [0.25, 0.3) is 0 Å². The molecule has 7 atom stereocenters. The van der Waals surface area contributed by atoms with Gasteiger partial charge in [0.15, 0.2) is 0 Å². The lowest BCUT2D eigenvalue weighted by atomic mass is 9.96. The van der Waals surface area contributed by atoms with Crippen LogP contribution in [-0.4, -0.2) is 150 Å². The van der Waals surface area contributed by atoms with Gasteiger partial charge in [0, 0.05) is 32.7 Å². The van der Waals surface area contributed by atoms with Crippen molar-refractivity contribution in [1.82, 2.24) is 47.4 Å². The Labute approximate surface area is 390 Å². The second-order valence-electron chi connectivity index (χ2n) is 16.0. The molecule has 27 nitrogen and oxygen atoms in total. The summed E-state index contributed by atoms with van der Waals surface area (Å²) in [5, 5.41) is 28.8. The van der Waals surface area contributed by atoms with Gasteiger partial charge in [0.25, 0.3) is 0 Å². The number of benzene rings is 1. The highest BCUT2D eigenvalue weighted by Gasteiger charge is 2.36. The summed E-state index contributed by atoms with van der Waals surface area (Å²) in [5.41, 5.74) is 21.5. The molecule has 1 saturated heterocycles. The minimum atomic E-state index is -1.87. The monoisotopic (exact) mass is 959 g/mol. The first kappa shape index (κ1) is 56.3. The van der Waals surface area contributed by atoms with E-state index in [0.29, 0.717) is 12.0 Å².